The van der Waals surface area contributed by atoms with E-state index in [9.17, 15) is 5.11 Å². The molecule has 2 unspecified atom stereocenters. The number of hydrogen-bond donors (Lipinski definition) is 2. The minimum atomic E-state index is -0.206. The molecule has 76 valence electrons. The molecule has 3 heteroatoms. The quantitative estimate of drug-likeness (QED) is 0.738. The van der Waals surface area contributed by atoms with Crippen molar-refractivity contribution in [3.05, 3.63) is 29.8 Å². The van der Waals surface area contributed by atoms with Gasteiger partial charge in [0.2, 0.25) is 0 Å². The van der Waals surface area contributed by atoms with E-state index in [2.05, 4.69) is 5.32 Å². The van der Waals surface area contributed by atoms with E-state index < -0.39 is 0 Å². The molecule has 1 fully saturated rings. The topological polar surface area (TPSA) is 41.5 Å². The van der Waals surface area contributed by atoms with Gasteiger partial charge in [-0.05, 0) is 24.1 Å². The molecule has 1 aromatic rings. The highest BCUT2D eigenvalue weighted by Crippen LogP contribution is 2.24. The van der Waals surface area contributed by atoms with Gasteiger partial charge in [0.05, 0.1) is 13.2 Å². The predicted molar refractivity (Wildman–Crippen MR) is 54.4 cm³/mol. The van der Waals surface area contributed by atoms with Gasteiger partial charge in [0.1, 0.15) is 5.75 Å². The molecule has 2 atom stereocenters. The number of rotatable bonds is 2. The van der Waals surface area contributed by atoms with Crippen molar-refractivity contribution in [2.45, 2.75) is 18.6 Å². The van der Waals surface area contributed by atoms with Gasteiger partial charge in [-0.15, -0.1) is 0 Å². The van der Waals surface area contributed by atoms with E-state index >= 15 is 0 Å². The smallest absolute Gasteiger partial charge is 0.118 e. The highest BCUT2D eigenvalue weighted by Gasteiger charge is 2.22. The maximum absolute atomic E-state index is 9.37. The second-order valence-corrected chi connectivity index (χ2v) is 3.62. The van der Waals surface area contributed by atoms with Crippen molar-refractivity contribution >= 4 is 0 Å². The van der Waals surface area contributed by atoms with Crippen LogP contribution in [0.15, 0.2) is 24.3 Å². The lowest BCUT2D eigenvalue weighted by atomic mass is 10.0. The van der Waals surface area contributed by atoms with Gasteiger partial charge in [0, 0.05) is 12.6 Å². The molecular formula is C11H15NO2. The van der Waals surface area contributed by atoms with Crippen LogP contribution in [-0.4, -0.2) is 24.9 Å². The lowest BCUT2D eigenvalue weighted by Crippen LogP contribution is -2.14. The maximum Gasteiger partial charge on any atom is 0.118 e. The van der Waals surface area contributed by atoms with E-state index in [-0.39, 0.29) is 12.1 Å². The highest BCUT2D eigenvalue weighted by molar-refractivity contribution is 5.29. The molecule has 0 spiro atoms. The number of methoxy groups -OCH3 is 1. The van der Waals surface area contributed by atoms with Crippen LogP contribution in [0.3, 0.4) is 0 Å². The van der Waals surface area contributed by atoms with E-state index in [1.807, 2.05) is 24.3 Å². The van der Waals surface area contributed by atoms with Crippen LogP contribution in [0.4, 0.5) is 0 Å². The summed E-state index contributed by atoms with van der Waals surface area (Å²) in [6.07, 6.45) is 0.592. The number of ether oxygens (including phenoxy) is 1. The number of aliphatic hydroxyl groups is 1. The number of hydrogen-bond acceptors (Lipinski definition) is 3. The van der Waals surface area contributed by atoms with Crippen LogP contribution in [0.25, 0.3) is 0 Å². The summed E-state index contributed by atoms with van der Waals surface area (Å²) in [4.78, 5) is 0. The third-order valence-electron chi connectivity index (χ3n) is 2.63. The number of nitrogens with one attached hydrogen (secondary N) is 1. The van der Waals surface area contributed by atoms with Crippen LogP contribution in [0.5, 0.6) is 5.75 Å². The first-order valence-electron chi connectivity index (χ1n) is 4.85. The zero-order valence-electron chi connectivity index (χ0n) is 8.23. The van der Waals surface area contributed by atoms with Crippen LogP contribution in [0, 0.1) is 0 Å². The van der Waals surface area contributed by atoms with Gasteiger partial charge in [0.25, 0.3) is 0 Å². The summed E-state index contributed by atoms with van der Waals surface area (Å²) >= 11 is 0. The SMILES string of the molecule is COc1ccc(C2CC(O)CN2)cc1. The second kappa shape index (κ2) is 3.98. The Balaban J connectivity index is 2.09. The maximum atomic E-state index is 9.37. The number of benzene rings is 1. The fourth-order valence-electron chi connectivity index (χ4n) is 1.81. The number of β-amino-alcohol motifs (C(OH)–C–C–N with tert-alkyl or cyclic N) is 1. The summed E-state index contributed by atoms with van der Waals surface area (Å²) in [5.41, 5.74) is 1.21. The Morgan fingerprint density at radius 1 is 1.36 bits per heavy atom. The summed E-state index contributed by atoms with van der Waals surface area (Å²) in [5, 5.41) is 12.6. The Kier molecular flexibility index (Phi) is 2.70. The van der Waals surface area contributed by atoms with Crippen molar-refractivity contribution in [3.63, 3.8) is 0 Å². The molecule has 0 radical (unpaired) electrons. The summed E-state index contributed by atoms with van der Waals surface area (Å²) in [6.45, 7) is 0.691. The molecule has 0 bridgehead atoms. The van der Waals surface area contributed by atoms with Gasteiger partial charge < -0.3 is 15.2 Å². The Morgan fingerprint density at radius 2 is 2.07 bits per heavy atom. The number of aliphatic hydroxyl groups excluding tert-OH is 1. The van der Waals surface area contributed by atoms with Crippen LogP contribution in [0.2, 0.25) is 0 Å². The van der Waals surface area contributed by atoms with Gasteiger partial charge in [-0.25, -0.2) is 0 Å². The molecule has 1 aliphatic heterocycles. The molecule has 1 aliphatic rings. The van der Waals surface area contributed by atoms with Crippen LogP contribution < -0.4 is 10.1 Å². The predicted octanol–water partition coefficient (Wildman–Crippen LogP) is 1.09. The van der Waals surface area contributed by atoms with E-state index in [1.165, 1.54) is 5.56 Å². The third kappa shape index (κ3) is 1.89. The molecule has 1 saturated heterocycles. The Labute approximate surface area is 83.7 Å². The molecule has 14 heavy (non-hydrogen) atoms. The molecule has 2 N–H and O–H groups in total. The Hall–Kier alpha value is -1.06. The van der Waals surface area contributed by atoms with E-state index in [0.29, 0.717) is 6.54 Å². The van der Waals surface area contributed by atoms with Gasteiger partial charge >= 0.3 is 0 Å². The molecule has 2 rings (SSSR count). The third-order valence-corrected chi connectivity index (χ3v) is 2.63. The monoisotopic (exact) mass is 193 g/mol. The van der Waals surface area contributed by atoms with Gasteiger partial charge in [0.15, 0.2) is 0 Å². The largest absolute Gasteiger partial charge is 0.497 e. The average Bonchev–Trinajstić information content (AvgIpc) is 2.65. The van der Waals surface area contributed by atoms with Crippen molar-refractivity contribution < 1.29 is 9.84 Å². The molecule has 0 aliphatic carbocycles. The molecule has 1 heterocycles. The van der Waals surface area contributed by atoms with Gasteiger partial charge in [-0.1, -0.05) is 12.1 Å². The Morgan fingerprint density at radius 3 is 2.57 bits per heavy atom. The molecule has 0 saturated carbocycles. The first-order valence-corrected chi connectivity index (χ1v) is 4.85. The van der Waals surface area contributed by atoms with Crippen molar-refractivity contribution in [1.29, 1.82) is 0 Å². The lowest BCUT2D eigenvalue weighted by Gasteiger charge is -2.10. The van der Waals surface area contributed by atoms with Gasteiger partial charge in [-0.3, -0.25) is 0 Å². The fraction of sp³-hybridized carbons (Fsp3) is 0.455. The average molecular weight is 193 g/mol. The molecular weight excluding hydrogens is 178 g/mol. The normalized spacial score (nSPS) is 26.4. The lowest BCUT2D eigenvalue weighted by molar-refractivity contribution is 0.193. The van der Waals surface area contributed by atoms with Crippen molar-refractivity contribution in [3.8, 4) is 5.75 Å². The summed E-state index contributed by atoms with van der Waals surface area (Å²) < 4.78 is 5.08. The van der Waals surface area contributed by atoms with Crippen molar-refractivity contribution in [2.24, 2.45) is 0 Å². The molecule has 0 amide bonds. The van der Waals surface area contributed by atoms with E-state index in [4.69, 9.17) is 4.74 Å². The first kappa shape index (κ1) is 9.49. The highest BCUT2D eigenvalue weighted by atomic mass is 16.5. The van der Waals surface area contributed by atoms with E-state index in [0.717, 1.165) is 12.2 Å². The fourth-order valence-corrected chi connectivity index (χ4v) is 1.81. The van der Waals surface area contributed by atoms with Crippen LogP contribution in [0.1, 0.15) is 18.0 Å². The first-order chi connectivity index (χ1) is 6.79. The zero-order chi connectivity index (χ0) is 9.97. The van der Waals surface area contributed by atoms with Gasteiger partial charge in [-0.2, -0.15) is 0 Å². The van der Waals surface area contributed by atoms with E-state index in [1.54, 1.807) is 7.11 Å². The molecule has 3 nitrogen and oxygen atoms in total. The minimum absolute atomic E-state index is 0.206. The standard InChI is InChI=1S/C11H15NO2/c1-14-10-4-2-8(3-5-10)11-6-9(13)7-12-11/h2-5,9,11-13H,6-7H2,1H3. The zero-order valence-corrected chi connectivity index (χ0v) is 8.23. The van der Waals surface area contributed by atoms with Crippen molar-refractivity contribution in [1.82, 2.24) is 5.32 Å². The van der Waals surface area contributed by atoms with Crippen LogP contribution >= 0.6 is 0 Å². The summed E-state index contributed by atoms with van der Waals surface area (Å²) in [5.74, 6) is 0.868. The summed E-state index contributed by atoms with van der Waals surface area (Å²) in [6, 6.07) is 8.25. The molecule has 0 aromatic heterocycles. The Bertz CT molecular complexity index is 297. The second-order valence-electron chi connectivity index (χ2n) is 3.62. The van der Waals surface area contributed by atoms with Crippen molar-refractivity contribution in [2.75, 3.05) is 13.7 Å². The summed E-state index contributed by atoms with van der Waals surface area (Å²) in [7, 11) is 1.66. The van der Waals surface area contributed by atoms with Crippen LogP contribution in [-0.2, 0) is 0 Å². The minimum Gasteiger partial charge on any atom is -0.497 e. The molecule has 1 aromatic carbocycles.